The van der Waals surface area contributed by atoms with Gasteiger partial charge in [-0.1, -0.05) is 112 Å². The standard InChI is InChI=1S/C24H34.C7H8/c1-4-6-12-19(11-5-2)22-17-16-21-15-10-18-24(21,3)23(22)20-13-8-7-9-14-20;1-7-5-3-2-4-6-7/h7-9,12-14,21H,4-6,10-11,15-18H2,1-3H3;2-6H,1H3/b19-12+;/t21?,24-;/m0./s1. The first-order valence-electron chi connectivity index (χ1n) is 12.6. The normalized spacial score (nSPS) is 23.2. The number of hydrogen-bond acceptors (Lipinski definition) is 0. The predicted molar refractivity (Wildman–Crippen MR) is 137 cm³/mol. The highest BCUT2D eigenvalue weighted by atomic mass is 14.5. The van der Waals surface area contributed by atoms with E-state index in [0.717, 1.165) is 5.92 Å². The first-order chi connectivity index (χ1) is 15.1. The van der Waals surface area contributed by atoms with Gasteiger partial charge in [-0.05, 0) is 79.1 Å². The molecule has 0 N–H and O–H groups in total. The van der Waals surface area contributed by atoms with Crippen LogP contribution in [0, 0.1) is 18.3 Å². The summed E-state index contributed by atoms with van der Waals surface area (Å²) in [5, 5.41) is 0. The summed E-state index contributed by atoms with van der Waals surface area (Å²) in [5.41, 5.74) is 8.27. The summed E-state index contributed by atoms with van der Waals surface area (Å²) in [6.45, 7) is 9.27. The van der Waals surface area contributed by atoms with Crippen LogP contribution >= 0.6 is 0 Å². The second-order valence-electron chi connectivity index (χ2n) is 9.69. The molecule has 0 spiro atoms. The Morgan fingerprint density at radius 2 is 1.61 bits per heavy atom. The van der Waals surface area contributed by atoms with E-state index in [9.17, 15) is 0 Å². The van der Waals surface area contributed by atoms with E-state index < -0.39 is 0 Å². The molecule has 2 aliphatic carbocycles. The number of rotatable bonds is 6. The van der Waals surface area contributed by atoms with Crippen molar-refractivity contribution in [2.75, 3.05) is 0 Å². The van der Waals surface area contributed by atoms with Crippen LogP contribution in [0.5, 0.6) is 0 Å². The van der Waals surface area contributed by atoms with Crippen molar-refractivity contribution >= 4 is 5.57 Å². The van der Waals surface area contributed by atoms with Crippen molar-refractivity contribution in [1.82, 2.24) is 0 Å². The van der Waals surface area contributed by atoms with E-state index in [1.54, 1.807) is 16.7 Å². The zero-order valence-electron chi connectivity index (χ0n) is 20.3. The number of aryl methyl sites for hydroxylation is 1. The second kappa shape index (κ2) is 11.5. The van der Waals surface area contributed by atoms with Crippen molar-refractivity contribution in [1.29, 1.82) is 0 Å². The minimum atomic E-state index is 0.397. The van der Waals surface area contributed by atoms with Crippen LogP contribution in [0.4, 0.5) is 0 Å². The first kappa shape index (κ1) is 23.6. The fourth-order valence-corrected chi connectivity index (χ4v) is 5.75. The lowest BCUT2D eigenvalue weighted by Crippen LogP contribution is -2.29. The molecule has 1 unspecified atom stereocenters. The Morgan fingerprint density at radius 1 is 0.935 bits per heavy atom. The van der Waals surface area contributed by atoms with E-state index in [1.807, 2.05) is 18.2 Å². The second-order valence-corrected chi connectivity index (χ2v) is 9.69. The topological polar surface area (TPSA) is 0 Å². The average molecular weight is 415 g/mol. The highest BCUT2D eigenvalue weighted by Gasteiger charge is 2.45. The maximum Gasteiger partial charge on any atom is -0.00382 e. The van der Waals surface area contributed by atoms with Crippen molar-refractivity contribution < 1.29 is 0 Å². The highest BCUT2D eigenvalue weighted by molar-refractivity contribution is 5.77. The number of fused-ring (bicyclic) bond motifs is 1. The fraction of sp³-hybridized carbons (Fsp3) is 0.484. The van der Waals surface area contributed by atoms with Gasteiger partial charge < -0.3 is 0 Å². The van der Waals surface area contributed by atoms with Crippen LogP contribution in [0.3, 0.4) is 0 Å². The van der Waals surface area contributed by atoms with Gasteiger partial charge in [-0.25, -0.2) is 0 Å². The summed E-state index contributed by atoms with van der Waals surface area (Å²) in [4.78, 5) is 0. The van der Waals surface area contributed by atoms with Crippen molar-refractivity contribution in [2.45, 2.75) is 85.5 Å². The number of benzene rings is 2. The Kier molecular flexibility index (Phi) is 8.76. The van der Waals surface area contributed by atoms with Crippen LogP contribution in [-0.4, -0.2) is 0 Å². The Morgan fingerprint density at radius 3 is 2.19 bits per heavy atom. The molecule has 4 rings (SSSR count). The summed E-state index contributed by atoms with van der Waals surface area (Å²) in [5.74, 6) is 0.894. The van der Waals surface area contributed by atoms with Crippen LogP contribution in [0.1, 0.15) is 89.7 Å². The van der Waals surface area contributed by atoms with Gasteiger partial charge in [0.2, 0.25) is 0 Å². The van der Waals surface area contributed by atoms with Gasteiger partial charge in [0.05, 0.1) is 0 Å². The van der Waals surface area contributed by atoms with Gasteiger partial charge in [-0.3, -0.25) is 0 Å². The fourth-order valence-electron chi connectivity index (χ4n) is 5.75. The van der Waals surface area contributed by atoms with E-state index >= 15 is 0 Å². The molecule has 2 aromatic rings. The molecule has 2 atom stereocenters. The monoisotopic (exact) mass is 414 g/mol. The number of hydrogen-bond donors (Lipinski definition) is 0. The molecule has 1 fully saturated rings. The Balaban J connectivity index is 0.000000330. The van der Waals surface area contributed by atoms with Gasteiger partial charge in [0.15, 0.2) is 0 Å². The lowest BCUT2D eigenvalue weighted by Gasteiger charge is -2.41. The Bertz CT molecular complexity index is 855. The molecule has 31 heavy (non-hydrogen) atoms. The summed E-state index contributed by atoms with van der Waals surface area (Å²) < 4.78 is 0. The summed E-state index contributed by atoms with van der Waals surface area (Å²) >= 11 is 0. The smallest absolute Gasteiger partial charge is 0.00382 e. The van der Waals surface area contributed by atoms with Crippen molar-refractivity contribution in [3.05, 3.63) is 89.0 Å². The summed E-state index contributed by atoms with van der Waals surface area (Å²) in [7, 11) is 0. The van der Waals surface area contributed by atoms with Crippen LogP contribution in [0.25, 0.3) is 5.57 Å². The molecule has 0 aromatic heterocycles. The Labute approximate surface area is 191 Å². The zero-order chi connectivity index (χ0) is 22.1. The van der Waals surface area contributed by atoms with Gasteiger partial charge >= 0.3 is 0 Å². The molecule has 0 bridgehead atoms. The average Bonchev–Trinajstić information content (AvgIpc) is 3.19. The molecule has 0 aliphatic heterocycles. The van der Waals surface area contributed by atoms with Gasteiger partial charge in [-0.2, -0.15) is 0 Å². The number of allylic oxidation sites excluding steroid dienone is 4. The van der Waals surface area contributed by atoms with Crippen LogP contribution in [-0.2, 0) is 0 Å². The van der Waals surface area contributed by atoms with Crippen LogP contribution in [0.2, 0.25) is 0 Å². The SMILES string of the molecule is CCC/C=C(\CCC)C1=C(c2ccccc2)[C@@]2(C)CCCC2CC1.Cc1ccccc1. The Hall–Kier alpha value is -2.08. The lowest BCUT2D eigenvalue weighted by atomic mass is 9.63. The molecule has 166 valence electrons. The van der Waals surface area contributed by atoms with E-state index in [2.05, 4.69) is 76.2 Å². The highest BCUT2D eigenvalue weighted by Crippen LogP contribution is 2.59. The van der Waals surface area contributed by atoms with E-state index in [0.29, 0.717) is 5.41 Å². The van der Waals surface area contributed by atoms with Crippen LogP contribution < -0.4 is 0 Å². The van der Waals surface area contributed by atoms with Gasteiger partial charge in [0.25, 0.3) is 0 Å². The minimum absolute atomic E-state index is 0.397. The molecular weight excluding hydrogens is 372 g/mol. The lowest BCUT2D eigenvalue weighted by molar-refractivity contribution is 0.287. The largest absolute Gasteiger partial charge is 0.0810 e. The van der Waals surface area contributed by atoms with Crippen molar-refractivity contribution in [3.8, 4) is 0 Å². The molecule has 2 aromatic carbocycles. The molecule has 0 radical (unpaired) electrons. The van der Waals surface area contributed by atoms with Gasteiger partial charge in [0.1, 0.15) is 0 Å². The number of unbranched alkanes of at least 4 members (excludes halogenated alkanes) is 1. The molecule has 2 aliphatic rings. The molecule has 0 saturated heterocycles. The molecule has 0 amide bonds. The third-order valence-corrected chi connectivity index (χ3v) is 7.35. The molecule has 0 heteroatoms. The first-order valence-corrected chi connectivity index (χ1v) is 12.6. The van der Waals surface area contributed by atoms with Crippen molar-refractivity contribution in [2.24, 2.45) is 11.3 Å². The van der Waals surface area contributed by atoms with Crippen LogP contribution in [0.15, 0.2) is 77.9 Å². The van der Waals surface area contributed by atoms with Gasteiger partial charge in [0, 0.05) is 0 Å². The summed E-state index contributed by atoms with van der Waals surface area (Å²) in [6.07, 6.45) is 14.4. The quantitative estimate of drug-likeness (QED) is 0.441. The molecule has 0 nitrogen and oxygen atoms in total. The zero-order valence-corrected chi connectivity index (χ0v) is 20.3. The van der Waals surface area contributed by atoms with Gasteiger partial charge in [-0.15, -0.1) is 0 Å². The molecule has 0 heterocycles. The predicted octanol–water partition coefficient (Wildman–Crippen LogP) is 9.56. The minimum Gasteiger partial charge on any atom is -0.0810 e. The molecule has 1 saturated carbocycles. The third kappa shape index (κ3) is 5.79. The maximum absolute atomic E-state index is 2.57. The third-order valence-electron chi connectivity index (χ3n) is 7.35. The van der Waals surface area contributed by atoms with Crippen molar-refractivity contribution in [3.63, 3.8) is 0 Å². The van der Waals surface area contributed by atoms with E-state index in [4.69, 9.17) is 0 Å². The maximum atomic E-state index is 2.57. The van der Waals surface area contributed by atoms with E-state index in [1.165, 1.54) is 68.9 Å². The van der Waals surface area contributed by atoms with E-state index in [-0.39, 0.29) is 0 Å². The molecular formula is C31H42. The summed E-state index contributed by atoms with van der Waals surface area (Å²) in [6, 6.07) is 21.6.